The summed E-state index contributed by atoms with van der Waals surface area (Å²) < 4.78 is 0. The lowest BCUT2D eigenvalue weighted by atomic mass is 10.2. The van der Waals surface area contributed by atoms with E-state index in [9.17, 15) is 0 Å². The predicted octanol–water partition coefficient (Wildman–Crippen LogP) is 2.75. The Kier molecular flexibility index (Phi) is 6.46. The van der Waals surface area contributed by atoms with Crippen LogP contribution in [0.15, 0.2) is 16.6 Å². The summed E-state index contributed by atoms with van der Waals surface area (Å²) in [7, 11) is 2.12. The molecule has 0 heterocycles. The normalized spacial score (nSPS) is 12.4. The van der Waals surface area contributed by atoms with Crippen molar-refractivity contribution in [2.75, 3.05) is 20.1 Å². The highest BCUT2D eigenvalue weighted by Crippen LogP contribution is 1.97. The Bertz CT molecular complexity index is 210. The first-order valence-electron chi connectivity index (χ1n) is 5.35. The third kappa shape index (κ3) is 6.84. The maximum atomic E-state index is 4.60. The lowest BCUT2D eigenvalue weighted by molar-refractivity contribution is 0.403. The van der Waals surface area contributed by atoms with Crippen LogP contribution in [-0.2, 0) is 0 Å². The lowest BCUT2D eigenvalue weighted by Crippen LogP contribution is -2.25. The first kappa shape index (κ1) is 13.4. The van der Waals surface area contributed by atoms with Gasteiger partial charge in [-0.1, -0.05) is 12.5 Å². The Morgan fingerprint density at radius 3 is 2.29 bits per heavy atom. The molecule has 0 spiro atoms. The minimum atomic E-state index is 0.380. The average Bonchev–Trinajstić information content (AvgIpc) is 2.01. The highest BCUT2D eigenvalue weighted by atomic mass is 15.1. The van der Waals surface area contributed by atoms with Crippen molar-refractivity contribution in [3.05, 3.63) is 11.6 Å². The molecular formula is C12H24N2. The summed E-state index contributed by atoms with van der Waals surface area (Å²) >= 11 is 0. The van der Waals surface area contributed by atoms with Crippen molar-refractivity contribution in [3.63, 3.8) is 0 Å². The zero-order valence-electron chi connectivity index (χ0n) is 10.5. The van der Waals surface area contributed by atoms with Gasteiger partial charge in [0.15, 0.2) is 0 Å². The molecule has 0 bridgehead atoms. The third-order valence-corrected chi connectivity index (χ3v) is 1.85. The van der Waals surface area contributed by atoms with E-state index >= 15 is 0 Å². The average molecular weight is 196 g/mol. The van der Waals surface area contributed by atoms with Crippen LogP contribution < -0.4 is 0 Å². The van der Waals surface area contributed by atoms with Gasteiger partial charge in [-0.05, 0) is 47.4 Å². The number of hydrogen-bond acceptors (Lipinski definition) is 2. The Labute approximate surface area is 88.7 Å². The van der Waals surface area contributed by atoms with Crippen molar-refractivity contribution in [1.82, 2.24) is 4.90 Å². The van der Waals surface area contributed by atoms with Gasteiger partial charge in [0.05, 0.1) is 0 Å². The van der Waals surface area contributed by atoms with Crippen molar-refractivity contribution in [2.24, 2.45) is 4.99 Å². The van der Waals surface area contributed by atoms with Gasteiger partial charge in [-0.3, -0.25) is 4.99 Å². The number of allylic oxidation sites excluding steroid dienone is 1. The van der Waals surface area contributed by atoms with E-state index in [1.807, 2.05) is 0 Å². The van der Waals surface area contributed by atoms with Gasteiger partial charge in [0.25, 0.3) is 0 Å². The fourth-order valence-electron chi connectivity index (χ4n) is 1.18. The van der Waals surface area contributed by atoms with E-state index in [1.54, 1.807) is 0 Å². The second-order valence-corrected chi connectivity index (χ2v) is 4.27. The van der Waals surface area contributed by atoms with Gasteiger partial charge in [0.2, 0.25) is 0 Å². The minimum Gasteiger partial charge on any atom is -0.301 e. The molecule has 0 aromatic carbocycles. The van der Waals surface area contributed by atoms with Gasteiger partial charge in [-0.25, -0.2) is 0 Å². The molecule has 0 unspecified atom stereocenters. The maximum Gasteiger partial charge on any atom is 0.0491 e. The van der Waals surface area contributed by atoms with Crippen molar-refractivity contribution in [1.29, 1.82) is 0 Å². The van der Waals surface area contributed by atoms with Crippen molar-refractivity contribution in [2.45, 2.75) is 40.7 Å². The summed E-state index contributed by atoms with van der Waals surface area (Å²) in [5, 5.41) is 0. The molecule has 82 valence electrons. The molecule has 0 radical (unpaired) electrons. The van der Waals surface area contributed by atoms with Crippen LogP contribution in [0.25, 0.3) is 0 Å². The second-order valence-electron chi connectivity index (χ2n) is 4.27. The standard InChI is InChI=1S/C12H24N2/c1-7-14(6)9-12(8-10(2)3)13-11(4)5/h8,11H,7,9H2,1-6H3. The van der Waals surface area contributed by atoms with Crippen LogP contribution >= 0.6 is 0 Å². The van der Waals surface area contributed by atoms with Crippen LogP contribution in [0.4, 0.5) is 0 Å². The van der Waals surface area contributed by atoms with E-state index in [2.05, 4.69) is 57.6 Å². The monoisotopic (exact) mass is 196 g/mol. The summed E-state index contributed by atoms with van der Waals surface area (Å²) in [5.41, 5.74) is 2.50. The summed E-state index contributed by atoms with van der Waals surface area (Å²) in [4.78, 5) is 6.87. The van der Waals surface area contributed by atoms with Gasteiger partial charge >= 0.3 is 0 Å². The lowest BCUT2D eigenvalue weighted by Gasteiger charge is -2.14. The van der Waals surface area contributed by atoms with Gasteiger partial charge in [-0.2, -0.15) is 0 Å². The summed E-state index contributed by atoms with van der Waals surface area (Å²) in [6.45, 7) is 12.6. The molecule has 0 N–H and O–H groups in total. The molecule has 0 aliphatic rings. The highest BCUT2D eigenvalue weighted by Gasteiger charge is 2.01. The van der Waals surface area contributed by atoms with Gasteiger partial charge in [-0.15, -0.1) is 0 Å². The van der Waals surface area contributed by atoms with Crippen LogP contribution in [-0.4, -0.2) is 36.8 Å². The van der Waals surface area contributed by atoms with E-state index in [-0.39, 0.29) is 0 Å². The molecule has 14 heavy (non-hydrogen) atoms. The topological polar surface area (TPSA) is 15.6 Å². The van der Waals surface area contributed by atoms with E-state index in [1.165, 1.54) is 11.3 Å². The zero-order chi connectivity index (χ0) is 11.1. The smallest absolute Gasteiger partial charge is 0.0491 e. The van der Waals surface area contributed by atoms with E-state index in [0.717, 1.165) is 13.1 Å². The molecular weight excluding hydrogens is 172 g/mol. The molecule has 0 aliphatic carbocycles. The summed E-state index contributed by atoms with van der Waals surface area (Å²) in [6, 6.07) is 0.380. The van der Waals surface area contributed by atoms with Crippen molar-refractivity contribution in [3.8, 4) is 0 Å². The predicted molar refractivity (Wildman–Crippen MR) is 65.2 cm³/mol. The molecule has 0 aromatic rings. The minimum absolute atomic E-state index is 0.380. The number of hydrogen-bond donors (Lipinski definition) is 0. The van der Waals surface area contributed by atoms with E-state index in [0.29, 0.717) is 6.04 Å². The number of rotatable bonds is 5. The first-order valence-corrected chi connectivity index (χ1v) is 5.35. The Hall–Kier alpha value is -0.630. The van der Waals surface area contributed by atoms with Crippen LogP contribution in [0.3, 0.4) is 0 Å². The fourth-order valence-corrected chi connectivity index (χ4v) is 1.18. The maximum absolute atomic E-state index is 4.60. The quantitative estimate of drug-likeness (QED) is 0.617. The molecule has 0 rings (SSSR count). The highest BCUT2D eigenvalue weighted by molar-refractivity contribution is 5.97. The van der Waals surface area contributed by atoms with Crippen molar-refractivity contribution < 1.29 is 0 Å². The summed E-state index contributed by atoms with van der Waals surface area (Å²) in [6.07, 6.45) is 2.17. The SMILES string of the molecule is CCN(C)CC(C=C(C)C)=NC(C)C. The first-order chi connectivity index (χ1) is 6.45. The van der Waals surface area contributed by atoms with E-state index < -0.39 is 0 Å². The molecule has 2 nitrogen and oxygen atoms in total. The molecule has 0 aromatic heterocycles. The molecule has 0 fully saturated rings. The third-order valence-electron chi connectivity index (χ3n) is 1.85. The van der Waals surface area contributed by atoms with Gasteiger partial charge < -0.3 is 4.90 Å². The molecule has 2 heteroatoms. The molecule has 0 atom stereocenters. The van der Waals surface area contributed by atoms with Gasteiger partial charge in [0.1, 0.15) is 0 Å². The largest absolute Gasteiger partial charge is 0.301 e. The Morgan fingerprint density at radius 2 is 1.93 bits per heavy atom. The molecule has 0 aliphatic heterocycles. The molecule has 0 saturated heterocycles. The van der Waals surface area contributed by atoms with Crippen LogP contribution in [0.5, 0.6) is 0 Å². The van der Waals surface area contributed by atoms with Crippen LogP contribution in [0, 0.1) is 0 Å². The molecule has 0 amide bonds. The van der Waals surface area contributed by atoms with E-state index in [4.69, 9.17) is 0 Å². The van der Waals surface area contributed by atoms with Gasteiger partial charge in [0, 0.05) is 18.3 Å². The zero-order valence-corrected chi connectivity index (χ0v) is 10.5. The Morgan fingerprint density at radius 1 is 1.36 bits per heavy atom. The van der Waals surface area contributed by atoms with Crippen LogP contribution in [0.2, 0.25) is 0 Å². The Balaban J connectivity index is 4.49. The fraction of sp³-hybridized carbons (Fsp3) is 0.750. The number of aliphatic imine (C=N–C) groups is 1. The second kappa shape index (κ2) is 6.77. The summed E-state index contributed by atoms with van der Waals surface area (Å²) in [5.74, 6) is 0. The van der Waals surface area contributed by atoms with Crippen LogP contribution in [0.1, 0.15) is 34.6 Å². The molecule has 0 saturated carbocycles. The number of nitrogens with zero attached hydrogens (tertiary/aromatic N) is 2. The van der Waals surface area contributed by atoms with Crippen molar-refractivity contribution >= 4 is 5.71 Å².